The van der Waals surface area contributed by atoms with E-state index in [1.807, 2.05) is 0 Å². The first-order chi connectivity index (χ1) is 32.0. The van der Waals surface area contributed by atoms with Gasteiger partial charge in [0.05, 0.1) is 0 Å². The minimum Gasteiger partial charge on any atom is -0.462 e. The Labute approximate surface area is 399 Å². The van der Waals surface area contributed by atoms with Gasteiger partial charge in [0.15, 0.2) is 6.10 Å². The fourth-order valence-corrected chi connectivity index (χ4v) is 6.62. The topological polar surface area (TPSA) is 78.9 Å². The number of ether oxygens (including phenoxy) is 3. The molecule has 0 aromatic carbocycles. The molecule has 65 heavy (non-hydrogen) atoms. The van der Waals surface area contributed by atoms with E-state index in [0.717, 1.165) is 116 Å². The van der Waals surface area contributed by atoms with Crippen molar-refractivity contribution >= 4 is 17.9 Å². The van der Waals surface area contributed by atoms with Crippen LogP contribution in [0.25, 0.3) is 0 Å². The van der Waals surface area contributed by atoms with Gasteiger partial charge in [0, 0.05) is 19.3 Å². The number of hydrogen-bond donors (Lipinski definition) is 0. The van der Waals surface area contributed by atoms with Crippen molar-refractivity contribution in [2.24, 2.45) is 0 Å². The van der Waals surface area contributed by atoms with Crippen LogP contribution < -0.4 is 0 Å². The van der Waals surface area contributed by atoms with Crippen LogP contribution in [0.2, 0.25) is 0 Å². The van der Waals surface area contributed by atoms with Gasteiger partial charge in [0.2, 0.25) is 0 Å². The Morgan fingerprint density at radius 2 is 0.692 bits per heavy atom. The summed E-state index contributed by atoms with van der Waals surface area (Å²) in [7, 11) is 0. The number of hydrogen-bond acceptors (Lipinski definition) is 6. The molecule has 0 aromatic rings. The lowest BCUT2D eigenvalue weighted by Gasteiger charge is -2.18. The van der Waals surface area contributed by atoms with Gasteiger partial charge < -0.3 is 14.2 Å². The number of rotatable bonds is 45. The van der Waals surface area contributed by atoms with Crippen molar-refractivity contribution in [3.63, 3.8) is 0 Å². The standard InChI is InChI=1S/C59H94O6/c1-4-7-10-13-16-19-22-25-27-29-31-34-37-40-43-46-49-52-58(61)64-55-56(54-63-57(60)51-48-45-42-39-36-33-24-21-18-15-12-9-6-3)65-59(62)53-50-47-44-41-38-35-32-30-28-26-23-20-17-14-11-8-5-2/h7,9-10,12,15-21,24-28,31,34,40,43,56H,4-6,8,11,13-14,22-23,29-30,32-33,35-39,41-42,44-55H2,1-3H3/b10-7+,12-9+,18-15+,19-16+,20-17+,24-21+,27-25+,28-26+,34-31+,43-40+. The molecule has 0 spiro atoms. The van der Waals surface area contributed by atoms with E-state index in [9.17, 15) is 14.4 Å². The van der Waals surface area contributed by atoms with Crippen LogP contribution in [0.4, 0.5) is 0 Å². The summed E-state index contributed by atoms with van der Waals surface area (Å²) in [6.07, 6.45) is 71.8. The lowest BCUT2D eigenvalue weighted by atomic mass is 10.1. The zero-order chi connectivity index (χ0) is 47.2. The Kier molecular flexibility index (Phi) is 49.1. The first kappa shape index (κ1) is 60.8. The van der Waals surface area contributed by atoms with Crippen molar-refractivity contribution in [2.75, 3.05) is 13.2 Å². The third-order valence-corrected chi connectivity index (χ3v) is 10.5. The number of allylic oxidation sites excluding steroid dienone is 20. The zero-order valence-electron chi connectivity index (χ0n) is 41.7. The summed E-state index contributed by atoms with van der Waals surface area (Å²) in [6, 6.07) is 0. The fraction of sp³-hybridized carbons (Fsp3) is 0.610. The van der Waals surface area contributed by atoms with Crippen molar-refractivity contribution in [3.8, 4) is 0 Å². The highest BCUT2D eigenvalue weighted by Crippen LogP contribution is 2.13. The van der Waals surface area contributed by atoms with Crippen molar-refractivity contribution in [1.29, 1.82) is 0 Å². The first-order valence-corrected chi connectivity index (χ1v) is 26.1. The fourth-order valence-electron chi connectivity index (χ4n) is 6.62. The van der Waals surface area contributed by atoms with E-state index >= 15 is 0 Å². The number of carbonyl (C=O) groups is 3. The van der Waals surface area contributed by atoms with E-state index in [1.165, 1.54) is 51.4 Å². The molecule has 0 radical (unpaired) electrons. The molecule has 0 saturated heterocycles. The molecule has 0 heterocycles. The van der Waals surface area contributed by atoms with Crippen molar-refractivity contribution in [2.45, 2.75) is 219 Å². The summed E-state index contributed by atoms with van der Waals surface area (Å²) in [6.45, 7) is 6.28. The number of unbranched alkanes of at least 4 members (excludes halogenated alkanes) is 16. The normalized spacial score (nSPS) is 13.1. The molecule has 6 nitrogen and oxygen atoms in total. The zero-order valence-corrected chi connectivity index (χ0v) is 41.7. The molecular formula is C59H94O6. The minimum atomic E-state index is -0.817. The third kappa shape index (κ3) is 50.7. The second-order valence-electron chi connectivity index (χ2n) is 16.7. The summed E-state index contributed by atoms with van der Waals surface area (Å²) in [4.78, 5) is 38.0. The van der Waals surface area contributed by atoms with Crippen LogP contribution in [-0.2, 0) is 28.6 Å². The van der Waals surface area contributed by atoms with Crippen LogP contribution in [0.3, 0.4) is 0 Å². The lowest BCUT2D eigenvalue weighted by molar-refractivity contribution is -0.167. The average molecular weight is 899 g/mol. The van der Waals surface area contributed by atoms with Gasteiger partial charge in [0.25, 0.3) is 0 Å². The van der Waals surface area contributed by atoms with Gasteiger partial charge in [0.1, 0.15) is 13.2 Å². The molecule has 0 rings (SSSR count). The highest BCUT2D eigenvalue weighted by molar-refractivity contribution is 5.71. The monoisotopic (exact) mass is 899 g/mol. The van der Waals surface area contributed by atoms with E-state index in [0.29, 0.717) is 19.3 Å². The van der Waals surface area contributed by atoms with Crippen molar-refractivity contribution < 1.29 is 28.6 Å². The molecule has 0 bridgehead atoms. The van der Waals surface area contributed by atoms with Crippen LogP contribution in [0.15, 0.2) is 122 Å². The first-order valence-electron chi connectivity index (χ1n) is 26.1. The third-order valence-electron chi connectivity index (χ3n) is 10.5. The molecule has 0 aliphatic rings. The summed E-state index contributed by atoms with van der Waals surface area (Å²) in [5, 5.41) is 0. The molecule has 1 atom stereocenters. The van der Waals surface area contributed by atoms with Crippen molar-refractivity contribution in [1.82, 2.24) is 0 Å². The van der Waals surface area contributed by atoms with Gasteiger partial charge in [-0.3, -0.25) is 14.4 Å². The summed E-state index contributed by atoms with van der Waals surface area (Å²) in [5.41, 5.74) is 0. The molecule has 0 saturated carbocycles. The predicted molar refractivity (Wildman–Crippen MR) is 279 cm³/mol. The Morgan fingerprint density at radius 1 is 0.338 bits per heavy atom. The molecule has 6 heteroatoms. The molecular weight excluding hydrogens is 805 g/mol. The Bertz CT molecular complexity index is 1400. The van der Waals surface area contributed by atoms with E-state index in [4.69, 9.17) is 14.2 Å². The van der Waals surface area contributed by atoms with Gasteiger partial charge in [-0.25, -0.2) is 0 Å². The summed E-state index contributed by atoms with van der Waals surface area (Å²) >= 11 is 0. The SMILES string of the molecule is CC/C=C/C=C/C=C/CCCCCCCC(=O)OCC(COC(=O)CCC/C=C/C/C=C/C/C=C/C/C=C/C/C=C/CC)OC(=O)CCCCCCCCC/C=C/C/C=C/CCCCC. The molecule has 0 aliphatic heterocycles. The summed E-state index contributed by atoms with van der Waals surface area (Å²) in [5.74, 6) is -1.01. The molecule has 0 aliphatic carbocycles. The van der Waals surface area contributed by atoms with Crippen LogP contribution in [0.1, 0.15) is 213 Å². The smallest absolute Gasteiger partial charge is 0.306 e. The lowest BCUT2D eigenvalue weighted by Crippen LogP contribution is -2.30. The molecule has 366 valence electrons. The van der Waals surface area contributed by atoms with Gasteiger partial charge in [-0.1, -0.05) is 206 Å². The highest BCUT2D eigenvalue weighted by Gasteiger charge is 2.19. The van der Waals surface area contributed by atoms with Crippen LogP contribution in [0, 0.1) is 0 Å². The Morgan fingerprint density at radius 3 is 1.17 bits per heavy atom. The maximum atomic E-state index is 12.8. The van der Waals surface area contributed by atoms with E-state index in [2.05, 4.69) is 142 Å². The molecule has 1 unspecified atom stereocenters. The average Bonchev–Trinajstić information content (AvgIpc) is 3.30. The van der Waals surface area contributed by atoms with E-state index in [-0.39, 0.29) is 37.5 Å². The highest BCUT2D eigenvalue weighted by atomic mass is 16.6. The van der Waals surface area contributed by atoms with Crippen LogP contribution >= 0.6 is 0 Å². The number of carbonyl (C=O) groups excluding carboxylic acids is 3. The van der Waals surface area contributed by atoms with Gasteiger partial charge in [-0.15, -0.1) is 0 Å². The quantitative estimate of drug-likeness (QED) is 0.0199. The maximum absolute atomic E-state index is 12.8. The van der Waals surface area contributed by atoms with Crippen LogP contribution in [0.5, 0.6) is 0 Å². The van der Waals surface area contributed by atoms with Gasteiger partial charge >= 0.3 is 17.9 Å². The largest absolute Gasteiger partial charge is 0.462 e. The minimum absolute atomic E-state index is 0.113. The maximum Gasteiger partial charge on any atom is 0.306 e. The van der Waals surface area contributed by atoms with Gasteiger partial charge in [-0.05, 0) is 109 Å². The van der Waals surface area contributed by atoms with Crippen LogP contribution in [-0.4, -0.2) is 37.2 Å². The molecule has 0 N–H and O–H groups in total. The Balaban J connectivity index is 4.53. The number of esters is 3. The second kappa shape index (κ2) is 52.4. The van der Waals surface area contributed by atoms with E-state index < -0.39 is 6.10 Å². The molecule has 0 aromatic heterocycles. The second-order valence-corrected chi connectivity index (χ2v) is 16.7. The molecule has 0 amide bonds. The van der Waals surface area contributed by atoms with Gasteiger partial charge in [-0.2, -0.15) is 0 Å². The van der Waals surface area contributed by atoms with E-state index in [1.54, 1.807) is 0 Å². The predicted octanol–water partition coefficient (Wildman–Crippen LogP) is 17.3. The summed E-state index contributed by atoms with van der Waals surface area (Å²) < 4.78 is 16.7. The van der Waals surface area contributed by atoms with Crippen molar-refractivity contribution in [3.05, 3.63) is 122 Å². The molecule has 0 fully saturated rings. The Hall–Kier alpha value is -4.19.